The summed E-state index contributed by atoms with van der Waals surface area (Å²) in [4.78, 5) is 25.0. The average molecular weight is 524 g/mol. The number of benzene rings is 1. The topological polar surface area (TPSA) is 88.6 Å². The van der Waals surface area contributed by atoms with Crippen molar-refractivity contribution in [3.05, 3.63) is 47.7 Å². The summed E-state index contributed by atoms with van der Waals surface area (Å²) < 4.78 is 45.5. The highest BCUT2D eigenvalue weighted by Crippen LogP contribution is 2.31. The fourth-order valence-corrected chi connectivity index (χ4v) is 4.07. The lowest BCUT2D eigenvalue weighted by molar-refractivity contribution is -0.154. The average Bonchev–Trinajstić information content (AvgIpc) is 3.10. The van der Waals surface area contributed by atoms with Gasteiger partial charge in [-0.25, -0.2) is 18.6 Å². The van der Waals surface area contributed by atoms with Crippen LogP contribution in [0.25, 0.3) is 0 Å². The van der Waals surface area contributed by atoms with Crippen molar-refractivity contribution >= 4 is 34.9 Å². The largest absolute Gasteiger partial charge is 0.481 e. The molecule has 10 nitrogen and oxygen atoms in total. The van der Waals surface area contributed by atoms with Crippen LogP contribution in [0.1, 0.15) is 5.56 Å². The SMILES string of the molecule is COC(=S)NC[C@H]1CN(c2cc(F)c(N3CCON(Cc4ccc(OC)nc4)CC3)c(F)c2)C(=O)O1. The number of methoxy groups -OCH3 is 2. The van der Waals surface area contributed by atoms with E-state index < -0.39 is 23.8 Å². The molecule has 0 aliphatic carbocycles. The third-order valence-electron chi connectivity index (χ3n) is 5.78. The van der Waals surface area contributed by atoms with Crippen molar-refractivity contribution in [1.82, 2.24) is 15.4 Å². The van der Waals surface area contributed by atoms with E-state index in [0.29, 0.717) is 32.1 Å². The van der Waals surface area contributed by atoms with Crippen LogP contribution >= 0.6 is 12.2 Å². The Hall–Kier alpha value is -3.29. The van der Waals surface area contributed by atoms with E-state index in [9.17, 15) is 4.79 Å². The normalized spacial score (nSPS) is 18.6. The summed E-state index contributed by atoms with van der Waals surface area (Å²) >= 11 is 4.90. The minimum absolute atomic E-state index is 0.0790. The number of nitrogens with zero attached hydrogens (tertiary/aromatic N) is 4. The molecule has 2 fully saturated rings. The van der Waals surface area contributed by atoms with Gasteiger partial charge in [-0.2, -0.15) is 5.06 Å². The van der Waals surface area contributed by atoms with E-state index in [-0.39, 0.29) is 36.2 Å². The van der Waals surface area contributed by atoms with E-state index >= 15 is 8.78 Å². The number of hydrogen-bond acceptors (Lipinski definition) is 9. The number of carbonyl (C=O) groups is 1. The van der Waals surface area contributed by atoms with Crippen LogP contribution in [0.5, 0.6) is 5.88 Å². The van der Waals surface area contributed by atoms with Crippen LogP contribution in [0.3, 0.4) is 0 Å². The number of thiocarbonyl (C=S) groups is 1. The molecule has 4 rings (SSSR count). The summed E-state index contributed by atoms with van der Waals surface area (Å²) in [5, 5.41) is 4.69. The van der Waals surface area contributed by atoms with Gasteiger partial charge in [0.25, 0.3) is 5.17 Å². The van der Waals surface area contributed by atoms with Gasteiger partial charge in [0, 0.05) is 44.0 Å². The molecule has 0 unspecified atom stereocenters. The molecule has 1 aromatic carbocycles. The molecule has 0 radical (unpaired) electrons. The van der Waals surface area contributed by atoms with Crippen LogP contribution in [0.4, 0.5) is 25.0 Å². The number of hydroxylamine groups is 2. The molecule has 36 heavy (non-hydrogen) atoms. The smallest absolute Gasteiger partial charge is 0.414 e. The highest BCUT2D eigenvalue weighted by atomic mass is 32.1. The van der Waals surface area contributed by atoms with Crippen LogP contribution in [0.15, 0.2) is 30.5 Å². The van der Waals surface area contributed by atoms with E-state index in [2.05, 4.69) is 10.3 Å². The third kappa shape index (κ3) is 6.09. The van der Waals surface area contributed by atoms with Gasteiger partial charge in [-0.1, -0.05) is 6.07 Å². The lowest BCUT2D eigenvalue weighted by atomic mass is 10.2. The van der Waals surface area contributed by atoms with E-state index in [0.717, 1.165) is 17.7 Å². The van der Waals surface area contributed by atoms with Crippen LogP contribution in [0, 0.1) is 11.6 Å². The molecule has 2 saturated heterocycles. The number of aromatic nitrogens is 1. The Bertz CT molecular complexity index is 1070. The van der Waals surface area contributed by atoms with Crippen molar-refractivity contribution in [2.24, 2.45) is 0 Å². The first kappa shape index (κ1) is 25.8. The number of cyclic esters (lactones) is 1. The number of amides is 1. The molecule has 0 saturated carbocycles. The van der Waals surface area contributed by atoms with Gasteiger partial charge in [0.05, 0.1) is 46.1 Å². The van der Waals surface area contributed by atoms with E-state index in [1.165, 1.54) is 12.0 Å². The standard InChI is InChI=1S/C23H27F2N5O5S/c1-32-20-4-3-15(11-26-20)13-29-6-5-28(7-8-34-29)21-18(24)9-16(10-19(21)25)30-14-17(35-23(30)31)12-27-22(36)33-2/h3-4,9-11,17H,5-8,12-14H2,1-2H3,(H,27,36)/t17-/m0/s1. The molecule has 3 heterocycles. The zero-order valence-electron chi connectivity index (χ0n) is 19.9. The van der Waals surface area contributed by atoms with Gasteiger partial charge in [0.15, 0.2) is 11.6 Å². The van der Waals surface area contributed by atoms with Crippen LogP contribution in [0.2, 0.25) is 0 Å². The van der Waals surface area contributed by atoms with Crippen molar-refractivity contribution < 1.29 is 32.6 Å². The summed E-state index contributed by atoms with van der Waals surface area (Å²) in [5.74, 6) is -1.03. The summed E-state index contributed by atoms with van der Waals surface area (Å²) in [5.41, 5.74) is 0.836. The summed E-state index contributed by atoms with van der Waals surface area (Å²) in [6.45, 7) is 2.11. The second-order valence-electron chi connectivity index (χ2n) is 8.14. The number of nitrogens with one attached hydrogen (secondary N) is 1. The Morgan fingerprint density at radius 1 is 1.22 bits per heavy atom. The Balaban J connectivity index is 1.39. The Morgan fingerprint density at radius 3 is 2.67 bits per heavy atom. The second-order valence-corrected chi connectivity index (χ2v) is 8.51. The fraction of sp³-hybridized carbons (Fsp3) is 0.435. The quantitative estimate of drug-likeness (QED) is 0.546. The first-order valence-corrected chi connectivity index (χ1v) is 11.7. The molecule has 1 atom stereocenters. The molecule has 2 aromatic rings. The highest BCUT2D eigenvalue weighted by Gasteiger charge is 2.34. The summed E-state index contributed by atoms with van der Waals surface area (Å²) in [6, 6.07) is 5.92. The zero-order valence-corrected chi connectivity index (χ0v) is 20.7. The number of rotatable bonds is 7. The number of halogens is 2. The maximum absolute atomic E-state index is 15.1. The van der Waals surface area contributed by atoms with Crippen LogP contribution in [-0.2, 0) is 20.9 Å². The first-order chi connectivity index (χ1) is 17.4. The minimum atomic E-state index is -0.771. The first-order valence-electron chi connectivity index (χ1n) is 11.3. The lowest BCUT2D eigenvalue weighted by Crippen LogP contribution is -2.34. The highest BCUT2D eigenvalue weighted by molar-refractivity contribution is 7.80. The zero-order chi connectivity index (χ0) is 25.7. The monoisotopic (exact) mass is 523 g/mol. The molecule has 1 amide bonds. The summed E-state index contributed by atoms with van der Waals surface area (Å²) in [7, 11) is 2.96. The maximum atomic E-state index is 15.1. The van der Waals surface area contributed by atoms with Gasteiger partial charge in [-0.05, 0) is 17.8 Å². The molecule has 2 aliphatic heterocycles. The third-order valence-corrected chi connectivity index (χ3v) is 6.09. The number of carbonyl (C=O) groups excluding carboxylic acids is 1. The molecule has 194 valence electrons. The molecule has 13 heteroatoms. The number of hydrogen-bond donors (Lipinski definition) is 1. The van der Waals surface area contributed by atoms with Crippen molar-refractivity contribution in [2.45, 2.75) is 12.6 Å². The van der Waals surface area contributed by atoms with Crippen LogP contribution in [-0.4, -0.2) is 81.0 Å². The summed E-state index contributed by atoms with van der Waals surface area (Å²) in [6.07, 6.45) is 0.452. The van der Waals surface area contributed by atoms with Gasteiger partial charge in [-0.15, -0.1) is 0 Å². The fourth-order valence-electron chi connectivity index (χ4n) is 3.98. The van der Waals surface area contributed by atoms with Crippen molar-refractivity contribution in [1.29, 1.82) is 0 Å². The van der Waals surface area contributed by atoms with Gasteiger partial charge in [0.1, 0.15) is 11.8 Å². The molecule has 2 aliphatic rings. The van der Waals surface area contributed by atoms with Crippen molar-refractivity contribution in [3.63, 3.8) is 0 Å². The molecule has 1 N–H and O–H groups in total. The predicted octanol–water partition coefficient (Wildman–Crippen LogP) is 2.47. The number of pyridine rings is 1. The van der Waals surface area contributed by atoms with Crippen molar-refractivity contribution in [2.75, 3.05) is 63.4 Å². The number of ether oxygens (including phenoxy) is 3. The van der Waals surface area contributed by atoms with Crippen LogP contribution < -0.4 is 19.9 Å². The predicted molar refractivity (Wildman–Crippen MR) is 131 cm³/mol. The molecule has 1 aromatic heterocycles. The van der Waals surface area contributed by atoms with Gasteiger partial charge in [-0.3, -0.25) is 9.74 Å². The molecule has 0 bridgehead atoms. The molecular formula is C23H27F2N5O5S. The Kier molecular flexibility index (Phi) is 8.33. The lowest BCUT2D eigenvalue weighted by Gasteiger charge is -2.24. The Labute approximate surface area is 212 Å². The van der Waals surface area contributed by atoms with Gasteiger partial charge < -0.3 is 24.4 Å². The molecular weight excluding hydrogens is 496 g/mol. The number of anilines is 2. The van der Waals surface area contributed by atoms with Gasteiger partial charge in [0.2, 0.25) is 5.88 Å². The minimum Gasteiger partial charge on any atom is -0.481 e. The Morgan fingerprint density at radius 2 is 2.00 bits per heavy atom. The van der Waals surface area contributed by atoms with E-state index in [1.54, 1.807) is 29.3 Å². The van der Waals surface area contributed by atoms with E-state index in [1.807, 2.05) is 6.07 Å². The van der Waals surface area contributed by atoms with Gasteiger partial charge >= 0.3 is 6.09 Å². The molecule has 0 spiro atoms. The second kappa shape index (κ2) is 11.6. The van der Waals surface area contributed by atoms with E-state index in [4.69, 9.17) is 31.3 Å². The maximum Gasteiger partial charge on any atom is 0.414 e. The van der Waals surface area contributed by atoms with Crippen molar-refractivity contribution in [3.8, 4) is 5.88 Å².